The van der Waals surface area contributed by atoms with Gasteiger partial charge >= 0.3 is 0 Å². The third kappa shape index (κ3) is 2.02. The second kappa shape index (κ2) is 4.88. The monoisotopic (exact) mass is 244 g/mol. The Morgan fingerprint density at radius 2 is 2.11 bits per heavy atom. The number of ether oxygens (including phenoxy) is 1. The van der Waals surface area contributed by atoms with Crippen molar-refractivity contribution in [3.63, 3.8) is 0 Å². The molecule has 1 aliphatic rings. The molecule has 2 atom stereocenters. The number of likely N-dealkylation sites (N-methyl/N-ethyl adjacent to an activating group) is 1. The van der Waals surface area contributed by atoms with Gasteiger partial charge in [0.25, 0.3) is 0 Å². The van der Waals surface area contributed by atoms with E-state index in [9.17, 15) is 0 Å². The average molecular weight is 244 g/mol. The number of hydrogen-bond donors (Lipinski definition) is 2. The Bertz CT molecular complexity index is 511. The van der Waals surface area contributed by atoms with Gasteiger partial charge in [-0.3, -0.25) is 5.10 Å². The van der Waals surface area contributed by atoms with E-state index in [4.69, 9.17) is 4.74 Å². The van der Waals surface area contributed by atoms with Crippen LogP contribution in [0.2, 0.25) is 0 Å². The lowest BCUT2D eigenvalue weighted by molar-refractivity contribution is 0.188. The van der Waals surface area contributed by atoms with Crippen LogP contribution in [-0.4, -0.2) is 41.5 Å². The van der Waals surface area contributed by atoms with Crippen LogP contribution in [0.1, 0.15) is 11.7 Å². The van der Waals surface area contributed by atoms with Gasteiger partial charge in [0.05, 0.1) is 19.1 Å². The van der Waals surface area contributed by atoms with E-state index in [1.807, 2.05) is 37.4 Å². The van der Waals surface area contributed by atoms with E-state index >= 15 is 0 Å². The molecule has 94 valence electrons. The summed E-state index contributed by atoms with van der Waals surface area (Å²) < 4.78 is 5.48. The minimum atomic E-state index is 0.250. The molecule has 2 N–H and O–H groups in total. The number of H-pyrrole nitrogens is 1. The van der Waals surface area contributed by atoms with Crippen LogP contribution in [0.5, 0.6) is 0 Å². The minimum Gasteiger partial charge on any atom is -0.379 e. The van der Waals surface area contributed by atoms with Crippen molar-refractivity contribution < 1.29 is 4.74 Å². The molecule has 2 aromatic rings. The van der Waals surface area contributed by atoms with E-state index in [1.54, 1.807) is 0 Å². The van der Waals surface area contributed by atoms with Crippen LogP contribution < -0.4 is 5.32 Å². The molecule has 1 fully saturated rings. The summed E-state index contributed by atoms with van der Waals surface area (Å²) in [6.07, 6.45) is 0. The normalized spacial score (nSPS) is 23.4. The maximum Gasteiger partial charge on any atom is 0.181 e. The van der Waals surface area contributed by atoms with Gasteiger partial charge in [-0.2, -0.15) is 5.10 Å². The number of nitrogens with one attached hydrogen (secondary N) is 2. The SMILES string of the molecule is CNC1COCC1c1nc(-c2ccccc2)n[nH]1. The van der Waals surface area contributed by atoms with Crippen LogP contribution in [-0.2, 0) is 4.74 Å². The largest absolute Gasteiger partial charge is 0.379 e. The van der Waals surface area contributed by atoms with Gasteiger partial charge in [0.2, 0.25) is 0 Å². The summed E-state index contributed by atoms with van der Waals surface area (Å²) in [7, 11) is 1.95. The Balaban J connectivity index is 1.86. The van der Waals surface area contributed by atoms with Crippen molar-refractivity contribution in [1.29, 1.82) is 0 Å². The smallest absolute Gasteiger partial charge is 0.181 e. The maximum absolute atomic E-state index is 5.48. The van der Waals surface area contributed by atoms with Crippen molar-refractivity contribution in [2.24, 2.45) is 0 Å². The number of hydrogen-bond acceptors (Lipinski definition) is 4. The number of benzene rings is 1. The highest BCUT2D eigenvalue weighted by atomic mass is 16.5. The Morgan fingerprint density at radius 1 is 1.28 bits per heavy atom. The molecular weight excluding hydrogens is 228 g/mol. The predicted molar refractivity (Wildman–Crippen MR) is 68.2 cm³/mol. The molecule has 5 nitrogen and oxygen atoms in total. The fourth-order valence-corrected chi connectivity index (χ4v) is 2.26. The summed E-state index contributed by atoms with van der Waals surface area (Å²) in [5.41, 5.74) is 1.03. The highest BCUT2D eigenvalue weighted by Gasteiger charge is 2.31. The van der Waals surface area contributed by atoms with Gasteiger partial charge in [-0.15, -0.1) is 0 Å². The Hall–Kier alpha value is -1.72. The molecule has 3 rings (SSSR count). The van der Waals surface area contributed by atoms with Crippen molar-refractivity contribution in [2.75, 3.05) is 20.3 Å². The van der Waals surface area contributed by atoms with Crippen LogP contribution in [0.4, 0.5) is 0 Å². The zero-order valence-electron chi connectivity index (χ0n) is 10.3. The third-order valence-electron chi connectivity index (χ3n) is 3.34. The highest BCUT2D eigenvalue weighted by molar-refractivity contribution is 5.53. The molecule has 0 amide bonds. The molecule has 0 aliphatic carbocycles. The minimum absolute atomic E-state index is 0.250. The standard InChI is InChI=1S/C13H16N4O/c1-14-11-8-18-7-10(11)13-15-12(16-17-13)9-5-3-2-4-6-9/h2-6,10-11,14H,7-8H2,1H3,(H,15,16,17). The zero-order chi connectivity index (χ0) is 12.4. The van der Waals surface area contributed by atoms with Gasteiger partial charge in [0, 0.05) is 11.6 Å². The van der Waals surface area contributed by atoms with Crippen molar-refractivity contribution in [3.05, 3.63) is 36.2 Å². The molecule has 1 saturated heterocycles. The zero-order valence-corrected chi connectivity index (χ0v) is 10.3. The van der Waals surface area contributed by atoms with Gasteiger partial charge < -0.3 is 10.1 Å². The second-order valence-electron chi connectivity index (χ2n) is 4.45. The summed E-state index contributed by atoms with van der Waals surface area (Å²) in [5.74, 6) is 1.89. The number of aromatic nitrogens is 3. The van der Waals surface area contributed by atoms with E-state index < -0.39 is 0 Å². The van der Waals surface area contributed by atoms with Gasteiger partial charge in [-0.25, -0.2) is 4.98 Å². The summed E-state index contributed by atoms with van der Waals surface area (Å²) in [6, 6.07) is 10.3. The Labute approximate surface area is 106 Å². The Kier molecular flexibility index (Phi) is 3.08. The van der Waals surface area contributed by atoms with Gasteiger partial charge in [0.15, 0.2) is 5.82 Å². The molecule has 0 bridgehead atoms. The fraction of sp³-hybridized carbons (Fsp3) is 0.385. The molecule has 18 heavy (non-hydrogen) atoms. The summed E-state index contributed by atoms with van der Waals surface area (Å²) in [6.45, 7) is 1.41. The molecule has 0 spiro atoms. The molecule has 0 radical (unpaired) electrons. The van der Waals surface area contributed by atoms with Crippen LogP contribution in [0, 0.1) is 0 Å². The van der Waals surface area contributed by atoms with E-state index in [0.717, 1.165) is 23.8 Å². The molecule has 2 unspecified atom stereocenters. The molecule has 1 aromatic carbocycles. The molecule has 5 heteroatoms. The van der Waals surface area contributed by atoms with Crippen LogP contribution >= 0.6 is 0 Å². The third-order valence-corrected chi connectivity index (χ3v) is 3.34. The van der Waals surface area contributed by atoms with Crippen LogP contribution in [0.15, 0.2) is 30.3 Å². The van der Waals surface area contributed by atoms with Gasteiger partial charge in [-0.1, -0.05) is 30.3 Å². The molecule has 2 heterocycles. The first kappa shape index (κ1) is 11.4. The van der Waals surface area contributed by atoms with E-state index in [2.05, 4.69) is 20.5 Å². The highest BCUT2D eigenvalue weighted by Crippen LogP contribution is 2.24. The molecule has 1 aliphatic heterocycles. The van der Waals surface area contributed by atoms with Crippen LogP contribution in [0.3, 0.4) is 0 Å². The first-order chi connectivity index (χ1) is 8.88. The van der Waals surface area contributed by atoms with Crippen LogP contribution in [0.25, 0.3) is 11.4 Å². The quantitative estimate of drug-likeness (QED) is 0.851. The predicted octanol–water partition coefficient (Wildman–Crippen LogP) is 1.17. The lowest BCUT2D eigenvalue weighted by Crippen LogP contribution is -2.31. The molecule has 1 aromatic heterocycles. The average Bonchev–Trinajstić information content (AvgIpc) is 3.08. The van der Waals surface area contributed by atoms with Crippen molar-refractivity contribution in [3.8, 4) is 11.4 Å². The first-order valence-corrected chi connectivity index (χ1v) is 6.11. The summed E-state index contributed by atoms with van der Waals surface area (Å²) in [5, 5.41) is 10.6. The number of aromatic amines is 1. The van der Waals surface area contributed by atoms with E-state index in [-0.39, 0.29) is 5.92 Å². The molecular formula is C13H16N4O. The first-order valence-electron chi connectivity index (χ1n) is 6.11. The summed E-state index contributed by atoms with van der Waals surface area (Å²) in [4.78, 5) is 4.57. The van der Waals surface area contributed by atoms with Gasteiger partial charge in [0.1, 0.15) is 5.82 Å². The fourth-order valence-electron chi connectivity index (χ4n) is 2.26. The topological polar surface area (TPSA) is 62.8 Å². The lowest BCUT2D eigenvalue weighted by Gasteiger charge is -2.13. The second-order valence-corrected chi connectivity index (χ2v) is 4.45. The number of nitrogens with zero attached hydrogens (tertiary/aromatic N) is 2. The summed E-state index contributed by atoms with van der Waals surface area (Å²) >= 11 is 0. The lowest BCUT2D eigenvalue weighted by atomic mass is 10.0. The van der Waals surface area contributed by atoms with Crippen molar-refractivity contribution in [2.45, 2.75) is 12.0 Å². The maximum atomic E-state index is 5.48. The molecule has 0 saturated carbocycles. The van der Waals surface area contributed by atoms with E-state index in [0.29, 0.717) is 12.6 Å². The van der Waals surface area contributed by atoms with Crippen molar-refractivity contribution >= 4 is 0 Å². The van der Waals surface area contributed by atoms with E-state index in [1.165, 1.54) is 0 Å². The van der Waals surface area contributed by atoms with Gasteiger partial charge in [-0.05, 0) is 7.05 Å². The van der Waals surface area contributed by atoms with Crippen molar-refractivity contribution in [1.82, 2.24) is 20.5 Å². The number of rotatable bonds is 3. The Morgan fingerprint density at radius 3 is 2.89 bits per heavy atom.